The molecule has 0 spiro atoms. The summed E-state index contributed by atoms with van der Waals surface area (Å²) in [4.78, 5) is 53.1. The fraction of sp³-hybridized carbons (Fsp3) is 0.592. The Hall–Kier alpha value is -4.95. The largest absolute Gasteiger partial charge is 0.412 e. The van der Waals surface area contributed by atoms with Gasteiger partial charge in [0.25, 0.3) is 5.69 Å². The molecule has 2 aromatic carbocycles. The lowest BCUT2D eigenvalue weighted by Crippen LogP contribution is -2.41. The average molecular weight is 1190 g/mol. The number of hydrogen-bond acceptors (Lipinski definition) is 24. The first-order valence-corrected chi connectivity index (χ1v) is 27.7. The number of aliphatic hydroxyl groups is 1. The van der Waals surface area contributed by atoms with Crippen LogP contribution in [0.25, 0.3) is 11.0 Å². The molecular formula is C49H69Cl2N10O18P. The van der Waals surface area contributed by atoms with E-state index in [0.717, 1.165) is 5.56 Å². The normalized spacial score (nSPS) is 15.2. The van der Waals surface area contributed by atoms with E-state index in [-0.39, 0.29) is 49.7 Å². The van der Waals surface area contributed by atoms with Gasteiger partial charge in [-0.05, 0) is 48.2 Å². The molecule has 6 rings (SSSR count). The predicted octanol–water partition coefficient (Wildman–Crippen LogP) is 4.09. The fourth-order valence-corrected chi connectivity index (χ4v) is 8.57. The number of nitro benzene ring substituents is 1. The molecule has 5 aromatic rings. The van der Waals surface area contributed by atoms with Crippen molar-refractivity contribution in [3.8, 4) is 5.75 Å². The van der Waals surface area contributed by atoms with Gasteiger partial charge < -0.3 is 82.0 Å². The number of non-ortho nitro benzene ring substituents is 1. The monoisotopic (exact) mass is 1190 g/mol. The van der Waals surface area contributed by atoms with Crippen molar-refractivity contribution in [2.24, 2.45) is 0 Å². The van der Waals surface area contributed by atoms with Crippen LogP contribution in [-0.2, 0) is 71.8 Å². The molecule has 4 heterocycles. The van der Waals surface area contributed by atoms with E-state index in [2.05, 4.69) is 30.7 Å². The van der Waals surface area contributed by atoms with Gasteiger partial charge in [-0.1, -0.05) is 35.0 Å². The number of benzene rings is 2. The number of amides is 1. The molecule has 0 saturated carbocycles. The van der Waals surface area contributed by atoms with Gasteiger partial charge in [0.1, 0.15) is 17.3 Å². The number of nitro groups is 1. The molecule has 80 heavy (non-hydrogen) atoms. The zero-order valence-corrected chi connectivity index (χ0v) is 46.7. The van der Waals surface area contributed by atoms with Crippen molar-refractivity contribution >= 4 is 60.2 Å². The number of anilines is 1. The second-order valence-electron chi connectivity index (χ2n) is 17.5. The van der Waals surface area contributed by atoms with E-state index < -0.39 is 43.7 Å². The van der Waals surface area contributed by atoms with Gasteiger partial charge in [-0.25, -0.2) is 14.2 Å². The molecule has 0 bridgehead atoms. The molecule has 442 valence electrons. The molecule has 1 aliphatic heterocycles. The molecule has 0 aliphatic carbocycles. The smallest absolute Gasteiger partial charge is 0.410 e. The Morgan fingerprint density at radius 1 is 0.863 bits per heavy atom. The van der Waals surface area contributed by atoms with Crippen LogP contribution in [0.2, 0.25) is 10.3 Å². The van der Waals surface area contributed by atoms with Gasteiger partial charge in [0.05, 0.1) is 161 Å². The molecule has 1 fully saturated rings. The zero-order chi connectivity index (χ0) is 56.8. The van der Waals surface area contributed by atoms with Gasteiger partial charge in [0.15, 0.2) is 17.2 Å². The quantitative estimate of drug-likeness (QED) is 0.0141. The summed E-state index contributed by atoms with van der Waals surface area (Å²) in [7, 11) is -1.28. The summed E-state index contributed by atoms with van der Waals surface area (Å²) in [6.07, 6.45) is 2.95. The third-order valence-electron chi connectivity index (χ3n) is 11.7. The Morgan fingerprint density at radius 3 is 2.14 bits per heavy atom. The molecule has 3 aromatic heterocycles. The van der Waals surface area contributed by atoms with Crippen LogP contribution >= 0.6 is 31.6 Å². The Bertz CT molecular complexity index is 2580. The number of fused-ring (bicyclic) bond motifs is 1. The molecule has 1 amide bonds. The van der Waals surface area contributed by atoms with Crippen LogP contribution in [0.15, 0.2) is 60.9 Å². The van der Waals surface area contributed by atoms with Crippen LogP contribution in [0.4, 0.5) is 16.3 Å². The van der Waals surface area contributed by atoms with Crippen molar-refractivity contribution in [2.75, 3.05) is 144 Å². The minimum atomic E-state index is -2.66. The highest BCUT2D eigenvalue weighted by atomic mass is 35.5. The number of ether oxygens (including phenoxy) is 12. The van der Waals surface area contributed by atoms with E-state index in [1.54, 1.807) is 21.8 Å². The van der Waals surface area contributed by atoms with Gasteiger partial charge in [0, 0.05) is 43.9 Å². The Labute approximate surface area is 472 Å². The number of aromatic nitrogens is 7. The van der Waals surface area contributed by atoms with Crippen LogP contribution < -0.4 is 15.0 Å². The summed E-state index contributed by atoms with van der Waals surface area (Å²) in [5.74, 6) is 0.720. The topological polar surface area (TPSA) is 321 Å². The summed E-state index contributed by atoms with van der Waals surface area (Å²) in [5.41, 5.74) is 1.91. The zero-order valence-electron chi connectivity index (χ0n) is 44.3. The lowest BCUT2D eigenvalue weighted by molar-refractivity contribution is -0.384. The van der Waals surface area contributed by atoms with E-state index in [1.165, 1.54) is 31.4 Å². The van der Waals surface area contributed by atoms with Crippen LogP contribution in [0, 0.1) is 10.1 Å². The van der Waals surface area contributed by atoms with Crippen molar-refractivity contribution in [1.29, 1.82) is 0 Å². The standard InChI is InChI=1S/C49H69Cl2N10O18P/c1-68-36-49(35-62,80(66)67)77-34-41-10-11-44(78-41)60-46-42(30-53-60)45(54-47(51)55-46)58(31-37-4-2-3-5-43(37)50)13-16-70-19-22-73-26-27-75-28-29-76-33-38-32-59(57-56-38)14-17-71-20-23-74-25-24-72-21-18-69-15-12-52-48(63)79-40-8-6-39(7-9-40)61(64)65/h2-9,30,32,41,44,62,66-67H,10-29,31,33-36H2,1H3,(H,52,63). The molecule has 1 saturated heterocycles. The molecule has 0 radical (unpaired) electrons. The van der Waals surface area contributed by atoms with Gasteiger partial charge in [-0.2, -0.15) is 15.1 Å². The van der Waals surface area contributed by atoms with Crippen LogP contribution in [0.1, 0.15) is 30.3 Å². The van der Waals surface area contributed by atoms with Gasteiger partial charge in [-0.15, -0.1) is 5.10 Å². The second kappa shape index (κ2) is 35.8. The highest BCUT2D eigenvalue weighted by Gasteiger charge is 2.41. The summed E-state index contributed by atoms with van der Waals surface area (Å²) in [5, 5.41) is 35.6. The van der Waals surface area contributed by atoms with E-state index in [1.807, 2.05) is 29.2 Å². The maximum Gasteiger partial charge on any atom is 0.412 e. The molecule has 28 nitrogen and oxygen atoms in total. The number of methoxy groups -OCH3 is 1. The molecular weight excluding hydrogens is 1120 g/mol. The summed E-state index contributed by atoms with van der Waals surface area (Å²) >= 11 is 13.2. The van der Waals surface area contributed by atoms with Gasteiger partial charge in [0.2, 0.25) is 13.7 Å². The maximum absolute atomic E-state index is 11.8. The Balaban J connectivity index is 0.761. The lowest BCUT2D eigenvalue weighted by Gasteiger charge is -2.32. The highest BCUT2D eigenvalue weighted by molar-refractivity contribution is 7.46. The Kier molecular flexibility index (Phi) is 28.7. The number of aliphatic hydroxyl groups excluding tert-OH is 1. The first-order valence-electron chi connectivity index (χ1n) is 25.7. The maximum atomic E-state index is 11.8. The fourth-order valence-electron chi connectivity index (χ4n) is 7.65. The first-order chi connectivity index (χ1) is 39.0. The van der Waals surface area contributed by atoms with Crippen molar-refractivity contribution in [1.82, 2.24) is 40.1 Å². The first kappa shape index (κ1) is 64.2. The molecule has 1 aliphatic rings. The third-order valence-corrected chi connectivity index (χ3v) is 13.4. The number of halogens is 2. The minimum absolute atomic E-state index is 0.00936. The average Bonchev–Trinajstić information content (AvgIpc) is 4.30. The number of hydrogen-bond donors (Lipinski definition) is 4. The predicted molar refractivity (Wildman–Crippen MR) is 288 cm³/mol. The van der Waals surface area contributed by atoms with Crippen molar-refractivity contribution < 1.29 is 81.5 Å². The molecule has 4 N–H and O–H groups in total. The summed E-state index contributed by atoms with van der Waals surface area (Å²) < 4.78 is 70.6. The van der Waals surface area contributed by atoms with E-state index >= 15 is 0 Å². The minimum Gasteiger partial charge on any atom is -0.410 e. The SMILES string of the molecule is COCC(CO)(OCC1CCC(n2ncc3c(N(CCOCCOCCOCCOCc4cn(CCOCCOCCOCCOCCNC(=O)Oc5ccc([N+](=O)[O-])cc5)nn4)Cc4ccccc4Cl)nc(Cl)nc32)O1)P(O)O. The number of carbonyl (C=O) groups excluding carboxylic acids is 1. The van der Waals surface area contributed by atoms with E-state index in [0.29, 0.717) is 153 Å². The van der Waals surface area contributed by atoms with Crippen LogP contribution in [0.5, 0.6) is 5.75 Å². The summed E-state index contributed by atoms with van der Waals surface area (Å²) in [6, 6.07) is 12.7. The van der Waals surface area contributed by atoms with Gasteiger partial charge >= 0.3 is 6.09 Å². The molecule has 3 atom stereocenters. The van der Waals surface area contributed by atoms with Crippen molar-refractivity contribution in [3.05, 3.63) is 92.6 Å². The Morgan fingerprint density at radius 2 is 1.50 bits per heavy atom. The third kappa shape index (κ3) is 21.7. The van der Waals surface area contributed by atoms with Crippen LogP contribution in [0.3, 0.4) is 0 Å². The number of carbonyl (C=O) groups is 1. The van der Waals surface area contributed by atoms with Crippen molar-refractivity contribution in [3.63, 3.8) is 0 Å². The lowest BCUT2D eigenvalue weighted by atomic mass is 10.2. The van der Waals surface area contributed by atoms with Gasteiger partial charge in [-0.3, -0.25) is 10.1 Å². The van der Waals surface area contributed by atoms with E-state index in [4.69, 9.17) is 80.0 Å². The number of nitrogens with one attached hydrogen (secondary N) is 1. The summed E-state index contributed by atoms with van der Waals surface area (Å²) in [6.45, 7) is 6.47. The van der Waals surface area contributed by atoms with E-state index in [9.17, 15) is 29.8 Å². The second-order valence-corrected chi connectivity index (χ2v) is 19.6. The highest BCUT2D eigenvalue weighted by Crippen LogP contribution is 2.44. The molecule has 3 unspecified atom stereocenters. The van der Waals surface area contributed by atoms with Crippen LogP contribution in [-0.4, -0.2) is 211 Å². The van der Waals surface area contributed by atoms with Crippen molar-refractivity contribution in [2.45, 2.75) is 50.2 Å². The number of rotatable bonds is 42. The molecule has 31 heteroatoms. The number of nitrogens with zero attached hydrogens (tertiary/aromatic N) is 9.